The number of rotatable bonds is 3. The standard InChI is InChI=1S/C14H14Cl2N2O/c15-9-4-5-10(11(16)7-9)13-12(19-18-14(13)17)6-8-2-1-3-8/h4-5,7-8H,1-3,6H2,(H2,17,18). The number of hydrogen-bond donors (Lipinski definition) is 1. The third-order valence-corrected chi connectivity index (χ3v) is 4.24. The van der Waals surface area contributed by atoms with E-state index in [1.165, 1.54) is 19.3 Å². The molecular weight excluding hydrogens is 283 g/mol. The van der Waals surface area contributed by atoms with Gasteiger partial charge in [0.25, 0.3) is 0 Å². The Bertz CT molecular complexity index is 605. The van der Waals surface area contributed by atoms with Crippen molar-refractivity contribution in [3.63, 3.8) is 0 Å². The quantitative estimate of drug-likeness (QED) is 0.902. The van der Waals surface area contributed by atoms with E-state index in [0.29, 0.717) is 21.8 Å². The van der Waals surface area contributed by atoms with E-state index in [2.05, 4.69) is 5.16 Å². The van der Waals surface area contributed by atoms with Crippen molar-refractivity contribution in [1.29, 1.82) is 0 Å². The second-order valence-electron chi connectivity index (χ2n) is 4.99. The van der Waals surface area contributed by atoms with Crippen LogP contribution < -0.4 is 5.73 Å². The Hall–Kier alpha value is -1.19. The molecule has 2 N–H and O–H groups in total. The fraction of sp³-hybridized carbons (Fsp3) is 0.357. The summed E-state index contributed by atoms with van der Waals surface area (Å²) in [7, 11) is 0. The van der Waals surface area contributed by atoms with Crippen LogP contribution in [0.25, 0.3) is 11.1 Å². The second kappa shape index (κ2) is 5.06. The Morgan fingerprint density at radius 2 is 2.11 bits per heavy atom. The van der Waals surface area contributed by atoms with Crippen LogP contribution in [0.1, 0.15) is 25.0 Å². The molecule has 0 atom stereocenters. The summed E-state index contributed by atoms with van der Waals surface area (Å²) in [4.78, 5) is 0. The molecule has 0 radical (unpaired) electrons. The van der Waals surface area contributed by atoms with Gasteiger partial charge < -0.3 is 10.3 Å². The zero-order valence-electron chi connectivity index (χ0n) is 10.3. The number of nitrogens with zero attached hydrogens (tertiary/aromatic N) is 1. The van der Waals surface area contributed by atoms with Crippen LogP contribution in [0, 0.1) is 5.92 Å². The van der Waals surface area contributed by atoms with Gasteiger partial charge in [0.2, 0.25) is 0 Å². The van der Waals surface area contributed by atoms with Crippen LogP contribution >= 0.6 is 23.2 Å². The van der Waals surface area contributed by atoms with Crippen molar-refractivity contribution in [2.45, 2.75) is 25.7 Å². The summed E-state index contributed by atoms with van der Waals surface area (Å²) in [5.41, 5.74) is 7.57. The van der Waals surface area contributed by atoms with Gasteiger partial charge in [-0.1, -0.05) is 53.7 Å². The van der Waals surface area contributed by atoms with Gasteiger partial charge in [0.05, 0.1) is 10.6 Å². The Balaban J connectivity index is 2.00. The molecule has 0 bridgehead atoms. The molecule has 3 rings (SSSR count). The molecule has 0 saturated heterocycles. The highest BCUT2D eigenvalue weighted by Crippen LogP contribution is 2.39. The van der Waals surface area contributed by atoms with Gasteiger partial charge in [-0.3, -0.25) is 0 Å². The fourth-order valence-corrected chi connectivity index (χ4v) is 2.92. The molecule has 1 aromatic heterocycles. The van der Waals surface area contributed by atoms with E-state index in [1.807, 2.05) is 6.07 Å². The summed E-state index contributed by atoms with van der Waals surface area (Å²) >= 11 is 12.2. The Morgan fingerprint density at radius 1 is 1.32 bits per heavy atom. The lowest BCUT2D eigenvalue weighted by Gasteiger charge is -2.24. The zero-order chi connectivity index (χ0) is 13.4. The molecule has 2 aromatic rings. The molecule has 19 heavy (non-hydrogen) atoms. The fourth-order valence-electron chi connectivity index (χ4n) is 2.42. The second-order valence-corrected chi connectivity index (χ2v) is 5.83. The smallest absolute Gasteiger partial charge is 0.175 e. The first-order chi connectivity index (χ1) is 9.15. The van der Waals surface area contributed by atoms with Crippen LogP contribution in [0.5, 0.6) is 0 Å². The van der Waals surface area contributed by atoms with Crippen molar-refractivity contribution in [2.75, 3.05) is 5.73 Å². The number of halogens is 2. The van der Waals surface area contributed by atoms with Gasteiger partial charge in [0.1, 0.15) is 5.76 Å². The molecule has 1 aliphatic rings. The van der Waals surface area contributed by atoms with Crippen molar-refractivity contribution in [3.8, 4) is 11.1 Å². The molecular formula is C14H14Cl2N2O. The average Bonchev–Trinajstić information content (AvgIpc) is 2.66. The lowest BCUT2D eigenvalue weighted by atomic mass is 9.81. The highest BCUT2D eigenvalue weighted by Gasteiger charge is 2.24. The van der Waals surface area contributed by atoms with Crippen LogP contribution in [-0.2, 0) is 6.42 Å². The van der Waals surface area contributed by atoms with Crippen LogP contribution in [-0.4, -0.2) is 5.16 Å². The van der Waals surface area contributed by atoms with Gasteiger partial charge in [0, 0.05) is 17.0 Å². The van der Waals surface area contributed by atoms with Crippen LogP contribution in [0.3, 0.4) is 0 Å². The number of benzene rings is 1. The summed E-state index contributed by atoms with van der Waals surface area (Å²) in [6, 6.07) is 5.36. The zero-order valence-corrected chi connectivity index (χ0v) is 11.8. The molecule has 1 saturated carbocycles. The van der Waals surface area contributed by atoms with E-state index >= 15 is 0 Å². The largest absolute Gasteiger partial charge is 0.380 e. The lowest BCUT2D eigenvalue weighted by Crippen LogP contribution is -2.13. The predicted octanol–water partition coefficient (Wildman–Crippen LogP) is 4.57. The highest BCUT2D eigenvalue weighted by atomic mass is 35.5. The van der Waals surface area contributed by atoms with Gasteiger partial charge in [-0.25, -0.2) is 0 Å². The topological polar surface area (TPSA) is 52.0 Å². The van der Waals surface area contributed by atoms with Crippen molar-refractivity contribution in [3.05, 3.63) is 34.0 Å². The van der Waals surface area contributed by atoms with Crippen molar-refractivity contribution < 1.29 is 4.52 Å². The molecule has 1 fully saturated rings. The summed E-state index contributed by atoms with van der Waals surface area (Å²) in [6.45, 7) is 0. The summed E-state index contributed by atoms with van der Waals surface area (Å²) in [6.07, 6.45) is 4.66. The third-order valence-electron chi connectivity index (χ3n) is 3.69. The van der Waals surface area contributed by atoms with Gasteiger partial charge in [-0.15, -0.1) is 0 Å². The van der Waals surface area contributed by atoms with Gasteiger partial charge in [0.15, 0.2) is 5.82 Å². The lowest BCUT2D eigenvalue weighted by molar-refractivity contribution is 0.279. The van der Waals surface area contributed by atoms with E-state index in [1.54, 1.807) is 12.1 Å². The normalized spacial score (nSPS) is 15.5. The molecule has 1 aromatic carbocycles. The molecule has 1 aliphatic carbocycles. The SMILES string of the molecule is Nc1noc(CC2CCC2)c1-c1ccc(Cl)cc1Cl. The van der Waals surface area contributed by atoms with E-state index in [-0.39, 0.29) is 0 Å². The van der Waals surface area contributed by atoms with E-state index in [9.17, 15) is 0 Å². The first-order valence-electron chi connectivity index (χ1n) is 6.34. The Morgan fingerprint density at radius 3 is 2.74 bits per heavy atom. The molecule has 0 amide bonds. The maximum atomic E-state index is 6.24. The molecule has 3 nitrogen and oxygen atoms in total. The first-order valence-corrected chi connectivity index (χ1v) is 7.10. The van der Waals surface area contributed by atoms with Crippen molar-refractivity contribution in [1.82, 2.24) is 5.16 Å². The monoisotopic (exact) mass is 296 g/mol. The minimum Gasteiger partial charge on any atom is -0.380 e. The highest BCUT2D eigenvalue weighted by molar-refractivity contribution is 6.36. The first kappa shape index (κ1) is 12.8. The molecule has 5 heteroatoms. The van der Waals surface area contributed by atoms with Gasteiger partial charge in [-0.2, -0.15) is 0 Å². The number of aromatic nitrogens is 1. The maximum absolute atomic E-state index is 6.24. The third kappa shape index (κ3) is 2.45. The van der Waals surface area contributed by atoms with E-state index < -0.39 is 0 Å². The summed E-state index contributed by atoms with van der Waals surface area (Å²) < 4.78 is 5.37. The van der Waals surface area contributed by atoms with Crippen molar-refractivity contribution in [2.24, 2.45) is 5.92 Å². The summed E-state index contributed by atoms with van der Waals surface area (Å²) in [5.74, 6) is 1.89. The van der Waals surface area contributed by atoms with Crippen LogP contribution in [0.4, 0.5) is 5.82 Å². The van der Waals surface area contributed by atoms with E-state index in [4.69, 9.17) is 33.5 Å². The number of hydrogen-bond acceptors (Lipinski definition) is 3. The molecule has 100 valence electrons. The van der Waals surface area contributed by atoms with Crippen LogP contribution in [0.15, 0.2) is 22.7 Å². The number of nitrogens with two attached hydrogens (primary N) is 1. The maximum Gasteiger partial charge on any atom is 0.175 e. The molecule has 1 heterocycles. The van der Waals surface area contributed by atoms with E-state index in [0.717, 1.165) is 23.3 Å². The Labute approximate surface area is 121 Å². The number of nitrogen functional groups attached to an aromatic ring is 1. The molecule has 0 aliphatic heterocycles. The summed E-state index contributed by atoms with van der Waals surface area (Å²) in [5, 5.41) is 5.05. The Kier molecular flexibility index (Phi) is 3.42. The predicted molar refractivity (Wildman–Crippen MR) is 77.4 cm³/mol. The van der Waals surface area contributed by atoms with Crippen molar-refractivity contribution >= 4 is 29.0 Å². The minimum absolute atomic E-state index is 0.388. The minimum atomic E-state index is 0.388. The number of anilines is 1. The van der Waals surface area contributed by atoms with Gasteiger partial charge in [-0.05, 0) is 18.1 Å². The average molecular weight is 297 g/mol. The van der Waals surface area contributed by atoms with Gasteiger partial charge >= 0.3 is 0 Å². The van der Waals surface area contributed by atoms with Crippen LogP contribution in [0.2, 0.25) is 10.0 Å². The molecule has 0 unspecified atom stereocenters. The molecule has 0 spiro atoms.